The molecule has 1 saturated carbocycles. The van der Waals surface area contributed by atoms with Crippen LogP contribution in [0.3, 0.4) is 0 Å². The first-order valence-electron chi connectivity index (χ1n) is 6.63. The third-order valence-corrected chi connectivity index (χ3v) is 3.84. The van der Waals surface area contributed by atoms with Gasteiger partial charge in [0.25, 0.3) is 0 Å². The number of nitrogens with one attached hydrogen (secondary N) is 1. The summed E-state index contributed by atoms with van der Waals surface area (Å²) < 4.78 is 5.77. The summed E-state index contributed by atoms with van der Waals surface area (Å²) in [5.41, 5.74) is 8.66. The van der Waals surface area contributed by atoms with Gasteiger partial charge in [0.15, 0.2) is 0 Å². The van der Waals surface area contributed by atoms with Gasteiger partial charge in [0, 0.05) is 29.1 Å². The van der Waals surface area contributed by atoms with Crippen molar-refractivity contribution >= 4 is 10.9 Å². The van der Waals surface area contributed by atoms with Crippen molar-refractivity contribution < 1.29 is 4.74 Å². The molecule has 1 aliphatic carbocycles. The minimum Gasteiger partial charge on any atom is -0.491 e. The molecular weight excluding hydrogens is 224 g/mol. The van der Waals surface area contributed by atoms with Crippen molar-refractivity contribution in [2.75, 3.05) is 6.54 Å². The van der Waals surface area contributed by atoms with Crippen LogP contribution in [-0.2, 0) is 5.41 Å². The monoisotopic (exact) mass is 244 g/mol. The lowest BCUT2D eigenvalue weighted by Crippen LogP contribution is -2.19. The summed E-state index contributed by atoms with van der Waals surface area (Å²) in [7, 11) is 0. The highest BCUT2D eigenvalue weighted by atomic mass is 16.5. The summed E-state index contributed by atoms with van der Waals surface area (Å²) >= 11 is 0. The molecule has 1 heterocycles. The number of aromatic nitrogens is 1. The number of nitrogens with two attached hydrogens (primary N) is 1. The Balaban J connectivity index is 2.05. The largest absolute Gasteiger partial charge is 0.491 e. The Morgan fingerprint density at radius 2 is 2.17 bits per heavy atom. The average molecular weight is 244 g/mol. The number of ether oxygens (including phenoxy) is 1. The van der Waals surface area contributed by atoms with Crippen molar-refractivity contribution in [1.29, 1.82) is 0 Å². The van der Waals surface area contributed by atoms with Crippen LogP contribution in [0.25, 0.3) is 10.9 Å². The maximum Gasteiger partial charge on any atom is 0.120 e. The zero-order valence-electron chi connectivity index (χ0n) is 11.0. The zero-order valence-corrected chi connectivity index (χ0v) is 11.0. The lowest BCUT2D eigenvalue weighted by molar-refractivity contribution is 0.243. The highest BCUT2D eigenvalue weighted by Crippen LogP contribution is 2.49. The Kier molecular flexibility index (Phi) is 2.59. The van der Waals surface area contributed by atoms with Gasteiger partial charge < -0.3 is 15.5 Å². The number of hydrogen-bond acceptors (Lipinski definition) is 2. The smallest absolute Gasteiger partial charge is 0.120 e. The van der Waals surface area contributed by atoms with Crippen LogP contribution < -0.4 is 10.5 Å². The van der Waals surface area contributed by atoms with E-state index < -0.39 is 0 Å². The predicted octanol–water partition coefficient (Wildman–Crippen LogP) is 2.95. The molecule has 1 aliphatic rings. The van der Waals surface area contributed by atoms with Crippen LogP contribution in [0.5, 0.6) is 5.75 Å². The molecule has 3 N–H and O–H groups in total. The maximum atomic E-state index is 5.92. The molecule has 2 aromatic rings. The lowest BCUT2D eigenvalue weighted by Gasteiger charge is -2.13. The number of benzene rings is 1. The molecule has 0 radical (unpaired) electrons. The van der Waals surface area contributed by atoms with E-state index in [0.717, 1.165) is 12.3 Å². The molecule has 0 bridgehead atoms. The fraction of sp³-hybridized carbons (Fsp3) is 0.467. The molecule has 1 fully saturated rings. The van der Waals surface area contributed by atoms with E-state index in [-0.39, 0.29) is 11.5 Å². The second-order valence-electron chi connectivity index (χ2n) is 5.56. The molecule has 0 unspecified atom stereocenters. The maximum absolute atomic E-state index is 5.92. The van der Waals surface area contributed by atoms with Gasteiger partial charge in [-0.25, -0.2) is 0 Å². The summed E-state index contributed by atoms with van der Waals surface area (Å²) in [6, 6.07) is 6.24. The Bertz CT molecular complexity index is 567. The van der Waals surface area contributed by atoms with E-state index in [1.165, 1.54) is 29.3 Å². The first kappa shape index (κ1) is 11.6. The molecule has 96 valence electrons. The lowest BCUT2D eigenvalue weighted by atomic mass is 9.95. The molecule has 0 spiro atoms. The van der Waals surface area contributed by atoms with Gasteiger partial charge >= 0.3 is 0 Å². The fourth-order valence-electron chi connectivity index (χ4n) is 2.62. The number of aromatic amines is 1. The second-order valence-corrected chi connectivity index (χ2v) is 5.56. The van der Waals surface area contributed by atoms with E-state index in [1.807, 2.05) is 19.9 Å². The van der Waals surface area contributed by atoms with Crippen molar-refractivity contribution in [1.82, 2.24) is 4.98 Å². The van der Waals surface area contributed by atoms with Crippen molar-refractivity contribution in [3.63, 3.8) is 0 Å². The molecule has 0 amide bonds. The number of rotatable bonds is 4. The molecule has 3 rings (SSSR count). The quantitative estimate of drug-likeness (QED) is 0.868. The van der Waals surface area contributed by atoms with Crippen LogP contribution in [0.4, 0.5) is 0 Å². The van der Waals surface area contributed by atoms with Gasteiger partial charge in [-0.15, -0.1) is 0 Å². The van der Waals surface area contributed by atoms with Crippen molar-refractivity contribution in [3.8, 4) is 5.75 Å². The van der Waals surface area contributed by atoms with Crippen LogP contribution >= 0.6 is 0 Å². The summed E-state index contributed by atoms with van der Waals surface area (Å²) in [4.78, 5) is 3.34. The van der Waals surface area contributed by atoms with E-state index >= 15 is 0 Å². The molecule has 0 saturated heterocycles. The number of hydrogen-bond donors (Lipinski definition) is 2. The summed E-state index contributed by atoms with van der Waals surface area (Å²) in [6.07, 6.45) is 4.72. The minimum atomic E-state index is 0.203. The Hall–Kier alpha value is -1.48. The van der Waals surface area contributed by atoms with Gasteiger partial charge in [-0.2, -0.15) is 0 Å². The van der Waals surface area contributed by atoms with Crippen LogP contribution in [0.1, 0.15) is 32.3 Å². The topological polar surface area (TPSA) is 51.0 Å². The van der Waals surface area contributed by atoms with Crippen molar-refractivity contribution in [3.05, 3.63) is 30.0 Å². The Morgan fingerprint density at radius 3 is 2.78 bits per heavy atom. The standard InChI is InChI=1S/C15H20N2O/c1-10(2)18-11-3-4-14-12(7-11)13(8-17-14)15(9-16)5-6-15/h3-4,7-8,10,17H,5-6,9,16H2,1-2H3. The summed E-state index contributed by atoms with van der Waals surface area (Å²) in [5, 5.41) is 1.26. The molecule has 3 heteroatoms. The molecular formula is C15H20N2O. The van der Waals surface area contributed by atoms with E-state index in [4.69, 9.17) is 10.5 Å². The zero-order chi connectivity index (χ0) is 12.8. The van der Waals surface area contributed by atoms with Crippen LogP contribution in [0, 0.1) is 0 Å². The van der Waals surface area contributed by atoms with E-state index in [1.54, 1.807) is 0 Å². The molecule has 3 nitrogen and oxygen atoms in total. The van der Waals surface area contributed by atoms with E-state index in [2.05, 4.69) is 23.3 Å². The second kappa shape index (κ2) is 4.02. The van der Waals surface area contributed by atoms with Gasteiger partial charge in [-0.3, -0.25) is 0 Å². The van der Waals surface area contributed by atoms with Crippen LogP contribution in [0.2, 0.25) is 0 Å². The van der Waals surface area contributed by atoms with Crippen LogP contribution in [0.15, 0.2) is 24.4 Å². The number of fused-ring (bicyclic) bond motifs is 1. The SMILES string of the molecule is CC(C)Oc1ccc2[nH]cc(C3(CN)CC3)c2c1. The van der Waals surface area contributed by atoms with Gasteiger partial charge in [0.1, 0.15) is 5.75 Å². The first-order valence-corrected chi connectivity index (χ1v) is 6.63. The highest BCUT2D eigenvalue weighted by molar-refractivity contribution is 5.86. The third-order valence-electron chi connectivity index (χ3n) is 3.84. The average Bonchev–Trinajstić information content (AvgIpc) is 3.02. The minimum absolute atomic E-state index is 0.203. The summed E-state index contributed by atoms with van der Waals surface area (Å²) in [6.45, 7) is 4.82. The number of H-pyrrole nitrogens is 1. The molecule has 0 aliphatic heterocycles. The Labute approximate surface area is 107 Å². The van der Waals surface area contributed by atoms with Gasteiger partial charge in [-0.1, -0.05) is 0 Å². The highest BCUT2D eigenvalue weighted by Gasteiger charge is 2.44. The van der Waals surface area contributed by atoms with E-state index in [0.29, 0.717) is 0 Å². The van der Waals surface area contributed by atoms with Crippen molar-refractivity contribution in [2.24, 2.45) is 5.73 Å². The molecule has 1 aromatic heterocycles. The fourth-order valence-corrected chi connectivity index (χ4v) is 2.62. The normalized spacial score (nSPS) is 17.3. The molecule has 0 atom stereocenters. The summed E-state index contributed by atoms with van der Waals surface area (Å²) in [5.74, 6) is 0.936. The third kappa shape index (κ3) is 1.79. The van der Waals surface area contributed by atoms with Gasteiger partial charge in [0.05, 0.1) is 6.10 Å². The van der Waals surface area contributed by atoms with Gasteiger partial charge in [-0.05, 0) is 50.5 Å². The Morgan fingerprint density at radius 1 is 1.39 bits per heavy atom. The van der Waals surface area contributed by atoms with Gasteiger partial charge in [0.2, 0.25) is 0 Å². The first-order chi connectivity index (χ1) is 8.64. The van der Waals surface area contributed by atoms with Crippen LogP contribution in [-0.4, -0.2) is 17.6 Å². The van der Waals surface area contributed by atoms with E-state index in [9.17, 15) is 0 Å². The molecule has 1 aromatic carbocycles. The van der Waals surface area contributed by atoms with Crippen molar-refractivity contribution in [2.45, 2.75) is 38.2 Å². The molecule has 18 heavy (non-hydrogen) atoms. The predicted molar refractivity (Wildman–Crippen MR) is 74.0 cm³/mol.